The van der Waals surface area contributed by atoms with E-state index < -0.39 is 12.3 Å². The normalized spacial score (nSPS) is 14.4. The van der Waals surface area contributed by atoms with E-state index in [9.17, 15) is 4.79 Å². The summed E-state index contributed by atoms with van der Waals surface area (Å²) in [6, 6.07) is 0. The summed E-state index contributed by atoms with van der Waals surface area (Å²) < 4.78 is 4.60. The summed E-state index contributed by atoms with van der Waals surface area (Å²) in [4.78, 5) is 10.9. The van der Waals surface area contributed by atoms with Crippen molar-refractivity contribution in [3.63, 3.8) is 0 Å². The summed E-state index contributed by atoms with van der Waals surface area (Å²) in [5.41, 5.74) is 0.512. The Morgan fingerprint density at radius 3 is 2.64 bits per heavy atom. The van der Waals surface area contributed by atoms with E-state index >= 15 is 0 Å². The fraction of sp³-hybridized carbons (Fsp3) is 0.625. The summed E-state index contributed by atoms with van der Waals surface area (Å²) in [5, 5.41) is 8.90. The zero-order chi connectivity index (χ0) is 8.85. The molecule has 0 fully saturated rings. The minimum Gasteiger partial charge on any atom is -0.433 e. The van der Waals surface area contributed by atoms with E-state index in [4.69, 9.17) is 5.11 Å². The zero-order valence-electron chi connectivity index (χ0n) is 7.13. The molecule has 0 bridgehead atoms. The predicted molar refractivity (Wildman–Crippen MR) is 41.8 cm³/mol. The lowest BCUT2D eigenvalue weighted by atomic mass is 10.3. The van der Waals surface area contributed by atoms with Crippen LogP contribution < -0.4 is 0 Å². The Kier molecular flexibility index (Phi) is 4.54. The summed E-state index contributed by atoms with van der Waals surface area (Å²) in [6.07, 6.45) is 1.09. The lowest BCUT2D eigenvalue weighted by Crippen LogP contribution is -2.16. The molecular weight excluding hydrogens is 144 g/mol. The molecule has 1 N–H and O–H groups in total. The largest absolute Gasteiger partial charge is 0.433 e. The first-order valence-electron chi connectivity index (χ1n) is 3.63. The van der Waals surface area contributed by atoms with Crippen molar-refractivity contribution in [3.8, 4) is 0 Å². The molecule has 0 aromatic rings. The van der Waals surface area contributed by atoms with Crippen LogP contribution in [-0.2, 0) is 9.53 Å². The molecule has 11 heavy (non-hydrogen) atoms. The number of ether oxygens (including phenoxy) is 1. The maximum absolute atomic E-state index is 10.9. The number of rotatable bonds is 3. The molecule has 0 radical (unpaired) electrons. The molecule has 0 aliphatic carbocycles. The van der Waals surface area contributed by atoms with Gasteiger partial charge in [0.25, 0.3) is 0 Å². The highest BCUT2D eigenvalue weighted by Gasteiger charge is 2.09. The maximum atomic E-state index is 10.9. The van der Waals surface area contributed by atoms with Gasteiger partial charge in [0, 0.05) is 12.0 Å². The van der Waals surface area contributed by atoms with Crippen molar-refractivity contribution >= 4 is 5.97 Å². The number of carbonyl (C=O) groups is 1. The molecule has 0 aliphatic heterocycles. The summed E-state index contributed by atoms with van der Waals surface area (Å²) in [5.74, 6) is -0.457. The average molecular weight is 158 g/mol. The van der Waals surface area contributed by atoms with Crippen molar-refractivity contribution in [1.29, 1.82) is 0 Å². The Balaban J connectivity index is 3.88. The van der Waals surface area contributed by atoms with E-state index in [2.05, 4.69) is 4.74 Å². The van der Waals surface area contributed by atoms with Gasteiger partial charge in [-0.3, -0.25) is 0 Å². The molecule has 0 saturated heterocycles. The summed E-state index contributed by atoms with van der Waals surface area (Å²) >= 11 is 0. The van der Waals surface area contributed by atoms with Crippen LogP contribution in [0.15, 0.2) is 11.6 Å². The van der Waals surface area contributed by atoms with Gasteiger partial charge in [-0.2, -0.15) is 0 Å². The Labute approximate surface area is 66.7 Å². The Morgan fingerprint density at radius 2 is 2.27 bits per heavy atom. The molecule has 1 atom stereocenters. The third kappa shape index (κ3) is 3.78. The van der Waals surface area contributed by atoms with Gasteiger partial charge >= 0.3 is 5.97 Å². The van der Waals surface area contributed by atoms with Gasteiger partial charge in [0.2, 0.25) is 6.29 Å². The highest BCUT2D eigenvalue weighted by molar-refractivity contribution is 5.87. The predicted octanol–water partition coefficient (Wildman–Crippen LogP) is 1.22. The number of aliphatic hydroxyl groups is 1. The molecule has 3 heteroatoms. The standard InChI is InChI=1S/C8H14O3/c1-4-6(3)8(10)11-7(9)5-2/h4,7,9H,5H2,1-3H3. The second-order valence-electron chi connectivity index (χ2n) is 2.24. The fourth-order valence-electron chi connectivity index (χ4n) is 0.418. The van der Waals surface area contributed by atoms with E-state index in [-0.39, 0.29) is 0 Å². The molecular formula is C8H14O3. The van der Waals surface area contributed by atoms with Gasteiger partial charge in [0.05, 0.1) is 0 Å². The maximum Gasteiger partial charge on any atom is 0.335 e. The molecule has 0 rings (SSSR count). The van der Waals surface area contributed by atoms with E-state index in [0.29, 0.717) is 12.0 Å². The van der Waals surface area contributed by atoms with Gasteiger partial charge in [0.1, 0.15) is 0 Å². The van der Waals surface area contributed by atoms with E-state index in [1.54, 1.807) is 26.8 Å². The summed E-state index contributed by atoms with van der Waals surface area (Å²) in [6.45, 7) is 5.13. The quantitative estimate of drug-likeness (QED) is 0.381. The van der Waals surface area contributed by atoms with Gasteiger partial charge in [-0.1, -0.05) is 13.0 Å². The minimum atomic E-state index is -0.975. The smallest absolute Gasteiger partial charge is 0.335 e. The second kappa shape index (κ2) is 4.91. The summed E-state index contributed by atoms with van der Waals surface area (Å²) in [7, 11) is 0. The van der Waals surface area contributed by atoms with Gasteiger partial charge in [-0.15, -0.1) is 0 Å². The lowest BCUT2D eigenvalue weighted by molar-refractivity contribution is -0.163. The Morgan fingerprint density at radius 1 is 1.73 bits per heavy atom. The number of aliphatic hydroxyl groups excluding tert-OH is 1. The number of hydrogen-bond donors (Lipinski definition) is 1. The van der Waals surface area contributed by atoms with Crippen LogP contribution in [0.1, 0.15) is 27.2 Å². The SMILES string of the molecule is CC=C(C)C(=O)OC(O)CC. The number of carbonyl (C=O) groups excluding carboxylic acids is 1. The minimum absolute atomic E-state index is 0.419. The van der Waals surface area contributed by atoms with Crippen LogP contribution in [0.3, 0.4) is 0 Å². The zero-order valence-corrected chi connectivity index (χ0v) is 7.13. The Bertz CT molecular complexity index is 161. The fourth-order valence-corrected chi connectivity index (χ4v) is 0.418. The topological polar surface area (TPSA) is 46.5 Å². The van der Waals surface area contributed by atoms with E-state index in [0.717, 1.165) is 0 Å². The molecule has 0 spiro atoms. The highest BCUT2D eigenvalue weighted by atomic mass is 16.6. The van der Waals surface area contributed by atoms with Crippen LogP contribution in [0.2, 0.25) is 0 Å². The first-order chi connectivity index (χ1) is 5.11. The first-order valence-corrected chi connectivity index (χ1v) is 3.63. The third-order valence-electron chi connectivity index (χ3n) is 1.35. The molecule has 0 aliphatic rings. The van der Waals surface area contributed by atoms with Crippen molar-refractivity contribution in [3.05, 3.63) is 11.6 Å². The van der Waals surface area contributed by atoms with Gasteiger partial charge in [-0.25, -0.2) is 4.79 Å². The van der Waals surface area contributed by atoms with Gasteiger partial charge in [-0.05, 0) is 13.8 Å². The van der Waals surface area contributed by atoms with Crippen molar-refractivity contribution < 1.29 is 14.6 Å². The highest BCUT2D eigenvalue weighted by Crippen LogP contribution is 2.00. The number of esters is 1. The monoisotopic (exact) mass is 158 g/mol. The third-order valence-corrected chi connectivity index (χ3v) is 1.35. The first kappa shape index (κ1) is 10.2. The van der Waals surface area contributed by atoms with Crippen LogP contribution in [-0.4, -0.2) is 17.4 Å². The molecule has 64 valence electrons. The lowest BCUT2D eigenvalue weighted by Gasteiger charge is -2.08. The molecule has 0 aromatic carbocycles. The molecule has 0 amide bonds. The second-order valence-corrected chi connectivity index (χ2v) is 2.24. The molecule has 0 saturated carbocycles. The number of allylic oxidation sites excluding steroid dienone is 1. The molecule has 3 nitrogen and oxygen atoms in total. The molecule has 1 unspecified atom stereocenters. The van der Waals surface area contributed by atoms with Crippen LogP contribution in [0.4, 0.5) is 0 Å². The van der Waals surface area contributed by atoms with Crippen LogP contribution >= 0.6 is 0 Å². The van der Waals surface area contributed by atoms with Crippen molar-refractivity contribution in [2.24, 2.45) is 0 Å². The average Bonchev–Trinajstić information content (AvgIpc) is 2.02. The van der Waals surface area contributed by atoms with Gasteiger partial charge in [0.15, 0.2) is 0 Å². The van der Waals surface area contributed by atoms with Crippen molar-refractivity contribution in [2.45, 2.75) is 33.5 Å². The van der Waals surface area contributed by atoms with Crippen LogP contribution in [0, 0.1) is 0 Å². The van der Waals surface area contributed by atoms with E-state index in [1.807, 2.05) is 0 Å². The molecule has 0 heterocycles. The van der Waals surface area contributed by atoms with E-state index in [1.165, 1.54) is 0 Å². The van der Waals surface area contributed by atoms with Crippen molar-refractivity contribution in [2.75, 3.05) is 0 Å². The van der Waals surface area contributed by atoms with Gasteiger partial charge < -0.3 is 9.84 Å². The van der Waals surface area contributed by atoms with Crippen LogP contribution in [0.25, 0.3) is 0 Å². The Hall–Kier alpha value is -0.830. The number of hydrogen-bond acceptors (Lipinski definition) is 3. The van der Waals surface area contributed by atoms with Crippen LogP contribution in [0.5, 0.6) is 0 Å². The molecule has 0 aromatic heterocycles. The van der Waals surface area contributed by atoms with Crippen molar-refractivity contribution in [1.82, 2.24) is 0 Å².